The van der Waals surface area contributed by atoms with Gasteiger partial charge in [-0.3, -0.25) is 9.59 Å². The normalized spacial score (nSPS) is 11.7. The molecular weight excluding hydrogens is 432 g/mol. The highest BCUT2D eigenvalue weighted by Gasteiger charge is 2.31. The molecule has 0 aliphatic rings. The molecule has 30 heavy (non-hydrogen) atoms. The van der Waals surface area contributed by atoms with Crippen molar-refractivity contribution in [1.82, 2.24) is 4.72 Å². The maximum atomic E-state index is 12.8. The minimum atomic E-state index is -4.70. The summed E-state index contributed by atoms with van der Waals surface area (Å²) in [4.78, 5) is 22.7. The van der Waals surface area contributed by atoms with E-state index in [0.717, 1.165) is 30.3 Å². The lowest BCUT2D eigenvalue weighted by Crippen LogP contribution is -2.28. The van der Waals surface area contributed by atoms with E-state index in [9.17, 15) is 35.6 Å². The van der Waals surface area contributed by atoms with Crippen molar-refractivity contribution < 1.29 is 40.3 Å². The smallest absolute Gasteiger partial charge is 0.416 e. The average Bonchev–Trinajstić information content (AvgIpc) is 2.67. The number of carbonyl (C=O) groups excluding carboxylic acids is 2. The number of ether oxygens (including phenoxy) is 1. The van der Waals surface area contributed by atoms with E-state index in [4.69, 9.17) is 0 Å². The van der Waals surface area contributed by atoms with Crippen LogP contribution in [0.2, 0.25) is 0 Å². The summed E-state index contributed by atoms with van der Waals surface area (Å²) in [6.45, 7) is -1.10. The summed E-state index contributed by atoms with van der Waals surface area (Å²) in [6.07, 6.45) is -5.16. The van der Waals surface area contributed by atoms with E-state index < -0.39 is 63.9 Å². The summed E-state index contributed by atoms with van der Waals surface area (Å²) in [5.41, 5.74) is -0.844. The molecule has 2 aromatic rings. The molecule has 12 heteroatoms. The van der Waals surface area contributed by atoms with Crippen LogP contribution in [0.3, 0.4) is 0 Å². The molecule has 2 N–H and O–H groups in total. The first-order valence-corrected chi connectivity index (χ1v) is 9.84. The maximum absolute atomic E-state index is 12.8. The molecule has 0 fully saturated rings. The maximum Gasteiger partial charge on any atom is 0.416 e. The second-order valence-corrected chi connectivity index (χ2v) is 7.66. The third kappa shape index (κ3) is 7.12. The topological polar surface area (TPSA) is 102 Å². The highest BCUT2D eigenvalue weighted by Crippen LogP contribution is 2.30. The van der Waals surface area contributed by atoms with Crippen LogP contribution in [-0.4, -0.2) is 33.4 Å². The van der Waals surface area contributed by atoms with Gasteiger partial charge in [-0.05, 0) is 42.5 Å². The molecule has 0 saturated carbocycles. The number of carbonyl (C=O) groups is 2. The monoisotopic (exact) mass is 448 g/mol. The number of halogens is 4. The number of hydrogen-bond donors (Lipinski definition) is 2. The largest absolute Gasteiger partial charge is 0.456 e. The highest BCUT2D eigenvalue weighted by molar-refractivity contribution is 7.89. The minimum Gasteiger partial charge on any atom is -0.456 e. The molecule has 0 saturated heterocycles. The van der Waals surface area contributed by atoms with Gasteiger partial charge in [-0.1, -0.05) is 6.07 Å². The zero-order valence-corrected chi connectivity index (χ0v) is 16.0. The Bertz CT molecular complexity index is 1010. The molecule has 162 valence electrons. The highest BCUT2D eigenvalue weighted by atomic mass is 32.2. The van der Waals surface area contributed by atoms with Crippen LogP contribution < -0.4 is 10.0 Å². The predicted molar refractivity (Wildman–Crippen MR) is 97.2 cm³/mol. The van der Waals surface area contributed by atoms with Gasteiger partial charge < -0.3 is 10.1 Å². The lowest BCUT2D eigenvalue weighted by Gasteiger charge is -2.10. The second-order valence-electron chi connectivity index (χ2n) is 5.89. The Morgan fingerprint density at radius 2 is 1.70 bits per heavy atom. The van der Waals surface area contributed by atoms with Crippen molar-refractivity contribution in [3.05, 3.63) is 59.9 Å². The lowest BCUT2D eigenvalue weighted by atomic mass is 10.2. The fraction of sp³-hybridized carbons (Fsp3) is 0.222. The molecule has 0 radical (unpaired) electrons. The van der Waals surface area contributed by atoms with Gasteiger partial charge in [0.25, 0.3) is 5.91 Å². The van der Waals surface area contributed by atoms with Crippen molar-refractivity contribution >= 4 is 27.6 Å². The van der Waals surface area contributed by atoms with Crippen molar-refractivity contribution in [2.24, 2.45) is 0 Å². The summed E-state index contributed by atoms with van der Waals surface area (Å²) in [6, 6.07) is 7.99. The molecule has 0 aliphatic heterocycles. The number of nitrogens with one attached hydrogen (secondary N) is 2. The number of hydrogen-bond acceptors (Lipinski definition) is 5. The van der Waals surface area contributed by atoms with Gasteiger partial charge in [-0.15, -0.1) is 0 Å². The van der Waals surface area contributed by atoms with Crippen molar-refractivity contribution in [3.63, 3.8) is 0 Å². The Hall–Kier alpha value is -2.99. The van der Waals surface area contributed by atoms with E-state index in [2.05, 4.69) is 10.1 Å². The Morgan fingerprint density at radius 1 is 1.03 bits per heavy atom. The molecule has 0 heterocycles. The van der Waals surface area contributed by atoms with Crippen molar-refractivity contribution in [1.29, 1.82) is 0 Å². The van der Waals surface area contributed by atoms with E-state index in [1.165, 1.54) is 12.1 Å². The Kier molecular flexibility index (Phi) is 7.51. The van der Waals surface area contributed by atoms with Crippen LogP contribution in [0, 0.1) is 5.82 Å². The average molecular weight is 448 g/mol. The van der Waals surface area contributed by atoms with Gasteiger partial charge in [0, 0.05) is 12.2 Å². The predicted octanol–water partition coefficient (Wildman–Crippen LogP) is 2.69. The molecule has 1 amide bonds. The molecular formula is C18H16F4N2O5S. The van der Waals surface area contributed by atoms with Crippen LogP contribution in [0.1, 0.15) is 12.0 Å². The Labute approximate surface area is 169 Å². The standard InChI is InChI=1S/C18H16F4N2O5S/c19-13-4-6-14(7-5-13)24-16(25)11-29-17(26)8-9-23-30(27,28)15-3-1-2-12(10-15)18(20,21)22/h1-7,10,23H,8-9,11H2,(H,24,25). The van der Waals surface area contributed by atoms with Crippen LogP contribution in [0.25, 0.3) is 0 Å². The van der Waals surface area contributed by atoms with Crippen molar-refractivity contribution in [2.75, 3.05) is 18.5 Å². The van der Waals surface area contributed by atoms with Gasteiger partial charge >= 0.3 is 12.1 Å². The lowest BCUT2D eigenvalue weighted by molar-refractivity contribution is -0.147. The molecule has 2 rings (SSSR count). The molecule has 0 atom stereocenters. The molecule has 0 spiro atoms. The van der Waals surface area contributed by atoms with Crippen LogP contribution in [0.15, 0.2) is 53.4 Å². The fourth-order valence-electron chi connectivity index (χ4n) is 2.16. The van der Waals surface area contributed by atoms with E-state index >= 15 is 0 Å². The van der Waals surface area contributed by atoms with E-state index in [1.807, 2.05) is 4.72 Å². The van der Waals surface area contributed by atoms with Gasteiger partial charge in [0.2, 0.25) is 10.0 Å². The molecule has 0 aliphatic carbocycles. The fourth-order valence-corrected chi connectivity index (χ4v) is 3.24. The Morgan fingerprint density at radius 3 is 2.33 bits per heavy atom. The van der Waals surface area contributed by atoms with E-state index in [0.29, 0.717) is 6.07 Å². The first-order chi connectivity index (χ1) is 14.0. The first kappa shape index (κ1) is 23.3. The zero-order chi connectivity index (χ0) is 22.4. The van der Waals surface area contributed by atoms with Crippen LogP contribution in [-0.2, 0) is 30.5 Å². The van der Waals surface area contributed by atoms with Crippen molar-refractivity contribution in [2.45, 2.75) is 17.5 Å². The van der Waals surface area contributed by atoms with Gasteiger partial charge in [-0.25, -0.2) is 17.5 Å². The number of esters is 1. The summed E-state index contributed by atoms with van der Waals surface area (Å²) in [5.74, 6) is -2.09. The van der Waals surface area contributed by atoms with E-state index in [1.54, 1.807) is 0 Å². The molecule has 2 aromatic carbocycles. The molecule has 0 unspecified atom stereocenters. The number of alkyl halides is 3. The quantitative estimate of drug-likeness (QED) is 0.478. The Balaban J connectivity index is 1.79. The number of amides is 1. The molecule has 0 bridgehead atoms. The number of rotatable bonds is 8. The number of benzene rings is 2. The summed E-state index contributed by atoms with van der Waals surface area (Å²) >= 11 is 0. The van der Waals surface area contributed by atoms with Gasteiger partial charge in [-0.2, -0.15) is 13.2 Å². The van der Waals surface area contributed by atoms with Crippen molar-refractivity contribution in [3.8, 4) is 0 Å². The van der Waals surface area contributed by atoms with Crippen LogP contribution in [0.4, 0.5) is 23.2 Å². The van der Waals surface area contributed by atoms with Crippen LogP contribution >= 0.6 is 0 Å². The summed E-state index contributed by atoms with van der Waals surface area (Å²) in [5, 5.41) is 2.36. The third-order valence-corrected chi connectivity index (χ3v) is 5.04. The number of anilines is 1. The SMILES string of the molecule is O=C(COC(=O)CCNS(=O)(=O)c1cccc(C(F)(F)F)c1)Nc1ccc(F)cc1. The van der Waals surface area contributed by atoms with Gasteiger partial charge in [0.05, 0.1) is 16.9 Å². The molecule has 0 aromatic heterocycles. The third-order valence-electron chi connectivity index (χ3n) is 3.59. The van der Waals surface area contributed by atoms with Gasteiger partial charge in [0.1, 0.15) is 5.82 Å². The van der Waals surface area contributed by atoms with Crippen LogP contribution in [0.5, 0.6) is 0 Å². The first-order valence-electron chi connectivity index (χ1n) is 8.35. The summed E-state index contributed by atoms with van der Waals surface area (Å²) in [7, 11) is -4.28. The van der Waals surface area contributed by atoms with E-state index in [-0.39, 0.29) is 5.69 Å². The zero-order valence-electron chi connectivity index (χ0n) is 15.2. The van der Waals surface area contributed by atoms with Gasteiger partial charge in [0.15, 0.2) is 6.61 Å². The minimum absolute atomic E-state index is 0.284. The summed E-state index contributed by atoms with van der Waals surface area (Å²) < 4.78 is 81.7. The second kappa shape index (κ2) is 9.67. The number of sulfonamides is 1. The molecule has 7 nitrogen and oxygen atoms in total.